The molecule has 31 heavy (non-hydrogen) atoms. The third-order valence-electron chi connectivity index (χ3n) is 5.45. The van der Waals surface area contributed by atoms with Crippen LogP contribution in [0.4, 0.5) is 4.39 Å². The van der Waals surface area contributed by atoms with Gasteiger partial charge in [0.25, 0.3) is 5.91 Å². The molecular formula is C23H29FN2O4S. The van der Waals surface area contributed by atoms with E-state index in [1.807, 2.05) is 26.8 Å². The second kappa shape index (κ2) is 9.36. The first-order valence-corrected chi connectivity index (χ1v) is 12.2. The maximum atomic E-state index is 13.6. The van der Waals surface area contributed by atoms with Gasteiger partial charge in [-0.3, -0.25) is 9.69 Å². The number of ether oxygens (including phenoxy) is 1. The van der Waals surface area contributed by atoms with Crippen LogP contribution in [-0.4, -0.2) is 62.7 Å². The monoisotopic (exact) mass is 448 g/mol. The van der Waals surface area contributed by atoms with E-state index in [4.69, 9.17) is 4.74 Å². The molecule has 1 unspecified atom stereocenters. The predicted molar refractivity (Wildman–Crippen MR) is 118 cm³/mol. The van der Waals surface area contributed by atoms with Crippen LogP contribution in [0.1, 0.15) is 42.7 Å². The minimum atomic E-state index is -3.45. The maximum Gasteiger partial charge on any atom is 0.257 e. The van der Waals surface area contributed by atoms with Crippen molar-refractivity contribution >= 4 is 15.7 Å². The van der Waals surface area contributed by atoms with Gasteiger partial charge in [0.2, 0.25) is 0 Å². The van der Waals surface area contributed by atoms with Crippen molar-refractivity contribution in [3.63, 3.8) is 0 Å². The Labute approximate surface area is 183 Å². The van der Waals surface area contributed by atoms with Gasteiger partial charge in [0.1, 0.15) is 11.6 Å². The summed E-state index contributed by atoms with van der Waals surface area (Å²) in [5.41, 5.74) is 1.15. The number of nitrogens with zero attached hydrogens (tertiary/aromatic N) is 2. The van der Waals surface area contributed by atoms with Crippen LogP contribution < -0.4 is 4.74 Å². The lowest BCUT2D eigenvalue weighted by molar-refractivity contribution is 0.0576. The van der Waals surface area contributed by atoms with Gasteiger partial charge in [0, 0.05) is 38.5 Å². The SMILES string of the molecule is CC(C)Oc1ccc(S(C)(=O)=O)cc1C(=O)N1CCN(C(C)c2cccc(F)c2)CC1. The van der Waals surface area contributed by atoms with Crippen molar-refractivity contribution in [3.05, 3.63) is 59.4 Å². The quantitative estimate of drug-likeness (QED) is 0.676. The lowest BCUT2D eigenvalue weighted by Crippen LogP contribution is -2.49. The molecule has 0 bridgehead atoms. The summed E-state index contributed by atoms with van der Waals surface area (Å²) >= 11 is 0. The normalized spacial score (nSPS) is 16.4. The van der Waals surface area contributed by atoms with Crippen molar-refractivity contribution in [2.45, 2.75) is 37.8 Å². The smallest absolute Gasteiger partial charge is 0.257 e. The summed E-state index contributed by atoms with van der Waals surface area (Å²) in [6.45, 7) is 7.98. The molecular weight excluding hydrogens is 419 g/mol. The molecule has 1 aliphatic heterocycles. The molecule has 0 spiro atoms. The number of carbonyl (C=O) groups is 1. The second-order valence-electron chi connectivity index (χ2n) is 8.16. The van der Waals surface area contributed by atoms with Crippen LogP contribution in [-0.2, 0) is 9.84 Å². The number of carbonyl (C=O) groups excluding carboxylic acids is 1. The summed E-state index contributed by atoms with van der Waals surface area (Å²) in [7, 11) is -3.45. The zero-order chi connectivity index (χ0) is 22.8. The molecule has 3 rings (SSSR count). The van der Waals surface area contributed by atoms with E-state index in [0.717, 1.165) is 11.8 Å². The van der Waals surface area contributed by atoms with E-state index < -0.39 is 9.84 Å². The summed E-state index contributed by atoms with van der Waals surface area (Å²) < 4.78 is 43.3. The number of amides is 1. The summed E-state index contributed by atoms with van der Waals surface area (Å²) in [6, 6.07) is 11.0. The van der Waals surface area contributed by atoms with Crippen molar-refractivity contribution in [3.8, 4) is 5.75 Å². The van der Waals surface area contributed by atoms with Gasteiger partial charge in [-0.1, -0.05) is 12.1 Å². The fraction of sp³-hybridized carbons (Fsp3) is 0.435. The fourth-order valence-corrected chi connectivity index (χ4v) is 4.37. The number of sulfone groups is 1. The van der Waals surface area contributed by atoms with E-state index in [-0.39, 0.29) is 34.3 Å². The lowest BCUT2D eigenvalue weighted by atomic mass is 10.1. The Morgan fingerprint density at radius 3 is 2.29 bits per heavy atom. The molecule has 0 aromatic heterocycles. The number of halogens is 1. The first-order chi connectivity index (χ1) is 14.6. The Bertz CT molecular complexity index is 1050. The van der Waals surface area contributed by atoms with Crippen LogP contribution in [0.5, 0.6) is 5.75 Å². The zero-order valence-electron chi connectivity index (χ0n) is 18.3. The van der Waals surface area contributed by atoms with Gasteiger partial charge in [-0.2, -0.15) is 0 Å². The largest absolute Gasteiger partial charge is 0.490 e. The van der Waals surface area contributed by atoms with Crippen LogP contribution in [0.15, 0.2) is 47.4 Å². The Morgan fingerprint density at radius 2 is 1.71 bits per heavy atom. The molecule has 0 aliphatic carbocycles. The zero-order valence-corrected chi connectivity index (χ0v) is 19.2. The van der Waals surface area contributed by atoms with Gasteiger partial charge in [0.15, 0.2) is 9.84 Å². The number of hydrogen-bond donors (Lipinski definition) is 0. The molecule has 1 fully saturated rings. The van der Waals surface area contributed by atoms with Gasteiger partial charge < -0.3 is 9.64 Å². The topological polar surface area (TPSA) is 66.9 Å². The molecule has 8 heteroatoms. The highest BCUT2D eigenvalue weighted by molar-refractivity contribution is 7.90. The van der Waals surface area contributed by atoms with Crippen LogP contribution in [0.3, 0.4) is 0 Å². The molecule has 0 radical (unpaired) electrons. The van der Waals surface area contributed by atoms with Gasteiger partial charge in [-0.25, -0.2) is 12.8 Å². The first-order valence-electron chi connectivity index (χ1n) is 10.4. The highest BCUT2D eigenvalue weighted by Crippen LogP contribution is 2.27. The molecule has 1 heterocycles. The fourth-order valence-electron chi connectivity index (χ4n) is 3.72. The van der Waals surface area contributed by atoms with Crippen LogP contribution >= 0.6 is 0 Å². The van der Waals surface area contributed by atoms with E-state index >= 15 is 0 Å². The molecule has 0 saturated carbocycles. The van der Waals surface area contributed by atoms with Gasteiger partial charge in [0.05, 0.1) is 16.6 Å². The first kappa shape index (κ1) is 23.2. The highest BCUT2D eigenvalue weighted by Gasteiger charge is 2.28. The van der Waals surface area contributed by atoms with Gasteiger partial charge in [-0.15, -0.1) is 0 Å². The second-order valence-corrected chi connectivity index (χ2v) is 10.2. The number of piperazine rings is 1. The van der Waals surface area contributed by atoms with Crippen molar-refractivity contribution in [1.82, 2.24) is 9.80 Å². The van der Waals surface area contributed by atoms with Crippen molar-refractivity contribution in [2.24, 2.45) is 0 Å². The Kier molecular flexibility index (Phi) is 7.01. The minimum Gasteiger partial charge on any atom is -0.490 e. The maximum absolute atomic E-state index is 13.6. The number of hydrogen-bond acceptors (Lipinski definition) is 5. The van der Waals surface area contributed by atoms with Crippen molar-refractivity contribution in [1.29, 1.82) is 0 Å². The Balaban J connectivity index is 1.76. The van der Waals surface area contributed by atoms with Crippen LogP contribution in [0.25, 0.3) is 0 Å². The van der Waals surface area contributed by atoms with Gasteiger partial charge >= 0.3 is 0 Å². The number of rotatable bonds is 6. The van der Waals surface area contributed by atoms with Crippen molar-refractivity contribution in [2.75, 3.05) is 32.4 Å². The Hall–Kier alpha value is -2.45. The molecule has 2 aromatic rings. The third kappa shape index (κ3) is 5.62. The van der Waals surface area contributed by atoms with E-state index in [9.17, 15) is 17.6 Å². The molecule has 6 nitrogen and oxygen atoms in total. The van der Waals surface area contributed by atoms with E-state index in [1.54, 1.807) is 17.0 Å². The average Bonchev–Trinajstić information content (AvgIpc) is 2.72. The summed E-state index contributed by atoms with van der Waals surface area (Å²) in [6.07, 6.45) is 0.964. The Morgan fingerprint density at radius 1 is 1.03 bits per heavy atom. The summed E-state index contributed by atoms with van der Waals surface area (Å²) in [5, 5.41) is 0. The van der Waals surface area contributed by atoms with E-state index in [0.29, 0.717) is 31.9 Å². The molecule has 0 N–H and O–H groups in total. The molecule has 1 aliphatic rings. The summed E-state index contributed by atoms with van der Waals surface area (Å²) in [4.78, 5) is 17.3. The van der Waals surface area contributed by atoms with Crippen LogP contribution in [0.2, 0.25) is 0 Å². The van der Waals surface area contributed by atoms with Gasteiger partial charge in [-0.05, 0) is 56.7 Å². The third-order valence-corrected chi connectivity index (χ3v) is 6.56. The average molecular weight is 449 g/mol. The van der Waals surface area contributed by atoms with Crippen LogP contribution in [0, 0.1) is 5.82 Å². The van der Waals surface area contributed by atoms with E-state index in [1.165, 1.54) is 24.3 Å². The molecule has 168 valence electrons. The molecule has 1 atom stereocenters. The molecule has 1 amide bonds. The summed E-state index contributed by atoms with van der Waals surface area (Å²) in [5.74, 6) is -0.135. The molecule has 2 aromatic carbocycles. The van der Waals surface area contributed by atoms with E-state index in [2.05, 4.69) is 4.90 Å². The lowest BCUT2D eigenvalue weighted by Gasteiger charge is -2.38. The van der Waals surface area contributed by atoms with Crippen molar-refractivity contribution < 1.29 is 22.3 Å². The highest BCUT2D eigenvalue weighted by atomic mass is 32.2. The number of benzene rings is 2. The standard InChI is InChI=1S/C23H29FN2O4S/c1-16(2)30-22-9-8-20(31(4,28)29)15-21(22)23(27)26-12-10-25(11-13-26)17(3)18-6-5-7-19(24)14-18/h5-9,14-17H,10-13H2,1-4H3. The molecule has 1 saturated heterocycles. The predicted octanol–water partition coefficient (Wildman–Crippen LogP) is 3.54. The minimum absolute atomic E-state index is 0.0290.